The fourth-order valence-electron chi connectivity index (χ4n) is 3.72. The Morgan fingerprint density at radius 1 is 0.871 bits per heavy atom. The zero-order chi connectivity index (χ0) is 22.4. The summed E-state index contributed by atoms with van der Waals surface area (Å²) in [6.07, 6.45) is -6.50. The summed E-state index contributed by atoms with van der Waals surface area (Å²) in [6, 6.07) is 6.30. The Morgan fingerprint density at radius 2 is 1.58 bits per heavy atom. The number of hydrogen-bond donors (Lipinski definition) is 7. The first-order valence-corrected chi connectivity index (χ1v) is 9.34. The lowest BCUT2D eigenvalue weighted by atomic mass is 9.89. The molecule has 10 nitrogen and oxygen atoms in total. The molecule has 1 saturated heterocycles. The zero-order valence-electron chi connectivity index (χ0n) is 15.9. The van der Waals surface area contributed by atoms with Crippen LogP contribution in [0.1, 0.15) is 11.7 Å². The molecule has 1 fully saturated rings. The van der Waals surface area contributed by atoms with Gasteiger partial charge in [-0.25, -0.2) is 0 Å². The smallest absolute Gasteiger partial charge is 0.200 e. The second-order valence-corrected chi connectivity index (χ2v) is 7.31. The molecule has 1 aliphatic heterocycles. The molecule has 2 aromatic carbocycles. The Kier molecular flexibility index (Phi) is 5.33. The molecule has 1 aromatic heterocycles. The van der Waals surface area contributed by atoms with E-state index < -0.39 is 54.1 Å². The lowest BCUT2D eigenvalue weighted by Crippen LogP contribution is -2.55. The molecule has 0 aliphatic carbocycles. The third-order valence-corrected chi connectivity index (χ3v) is 5.42. The van der Waals surface area contributed by atoms with Crippen molar-refractivity contribution in [3.8, 4) is 28.4 Å². The van der Waals surface area contributed by atoms with Crippen LogP contribution in [0.15, 0.2) is 45.8 Å². The van der Waals surface area contributed by atoms with E-state index in [-0.39, 0.29) is 33.4 Å². The maximum Gasteiger partial charge on any atom is 0.200 e. The number of phenolic OH excluding ortho intramolecular Hbond substituents is 3. The van der Waals surface area contributed by atoms with Crippen LogP contribution < -0.4 is 5.43 Å². The minimum atomic E-state index is -1.69. The van der Waals surface area contributed by atoms with Crippen LogP contribution in [0.4, 0.5) is 0 Å². The number of aromatic hydroxyl groups is 3. The summed E-state index contributed by atoms with van der Waals surface area (Å²) in [4.78, 5) is 13.1. The van der Waals surface area contributed by atoms with Gasteiger partial charge in [-0.3, -0.25) is 4.79 Å². The molecular formula is C21H20O10. The van der Waals surface area contributed by atoms with Crippen LogP contribution in [-0.2, 0) is 4.74 Å². The first-order chi connectivity index (χ1) is 14.7. The van der Waals surface area contributed by atoms with Gasteiger partial charge in [-0.1, -0.05) is 6.07 Å². The third-order valence-electron chi connectivity index (χ3n) is 5.42. The lowest BCUT2D eigenvalue weighted by molar-refractivity contribution is -0.231. The number of aliphatic hydroxyl groups excluding tert-OH is 4. The highest BCUT2D eigenvalue weighted by Gasteiger charge is 2.45. The first kappa shape index (κ1) is 21.1. The van der Waals surface area contributed by atoms with Gasteiger partial charge in [0.15, 0.2) is 11.5 Å². The second kappa shape index (κ2) is 7.84. The van der Waals surface area contributed by atoms with E-state index in [2.05, 4.69) is 0 Å². The maximum atomic E-state index is 13.1. The van der Waals surface area contributed by atoms with Crippen LogP contribution in [0.3, 0.4) is 0 Å². The zero-order valence-corrected chi connectivity index (χ0v) is 15.9. The fourth-order valence-corrected chi connectivity index (χ4v) is 3.72. The highest BCUT2D eigenvalue weighted by atomic mass is 16.5. The average molecular weight is 432 g/mol. The Hall–Kier alpha value is -3.15. The number of benzene rings is 2. The molecule has 31 heavy (non-hydrogen) atoms. The summed E-state index contributed by atoms with van der Waals surface area (Å²) in [5.41, 5.74) is -0.452. The second-order valence-electron chi connectivity index (χ2n) is 7.31. The monoisotopic (exact) mass is 432 g/mol. The van der Waals surface area contributed by atoms with Crippen molar-refractivity contribution >= 4 is 11.0 Å². The van der Waals surface area contributed by atoms with Crippen molar-refractivity contribution in [1.29, 1.82) is 0 Å². The van der Waals surface area contributed by atoms with E-state index in [9.17, 15) is 40.5 Å². The minimum Gasteiger partial charge on any atom is -0.507 e. The summed E-state index contributed by atoms with van der Waals surface area (Å²) in [6.45, 7) is -0.661. The van der Waals surface area contributed by atoms with Gasteiger partial charge in [-0.15, -0.1) is 0 Å². The number of aliphatic hydroxyl groups is 4. The van der Waals surface area contributed by atoms with Crippen LogP contribution in [0.5, 0.6) is 17.2 Å². The van der Waals surface area contributed by atoms with Crippen LogP contribution in [0.2, 0.25) is 0 Å². The van der Waals surface area contributed by atoms with E-state index in [0.717, 1.165) is 6.26 Å². The average Bonchev–Trinajstić information content (AvgIpc) is 2.75. The van der Waals surface area contributed by atoms with Gasteiger partial charge in [-0.2, -0.15) is 0 Å². The van der Waals surface area contributed by atoms with Gasteiger partial charge in [0.05, 0.1) is 23.1 Å². The third kappa shape index (κ3) is 3.40. The molecule has 0 amide bonds. The first-order valence-electron chi connectivity index (χ1n) is 9.34. The Morgan fingerprint density at radius 3 is 2.26 bits per heavy atom. The SMILES string of the molecule is O=c1c(-c2ccc(O)c(O)c2)coc2c([C@@H]3O[C@H](CO)[C@H](O)[C@H](O)[C@H]3O)c(O)ccc12. The Balaban J connectivity index is 1.88. The van der Waals surface area contributed by atoms with Crippen molar-refractivity contribution in [3.05, 3.63) is 52.4 Å². The maximum absolute atomic E-state index is 13.1. The lowest BCUT2D eigenvalue weighted by Gasteiger charge is -2.40. The van der Waals surface area contributed by atoms with Crippen molar-refractivity contribution in [3.63, 3.8) is 0 Å². The van der Waals surface area contributed by atoms with Gasteiger partial charge in [0, 0.05) is 0 Å². The quantitative estimate of drug-likeness (QED) is 0.280. The van der Waals surface area contributed by atoms with E-state index in [4.69, 9.17) is 9.15 Å². The van der Waals surface area contributed by atoms with Crippen molar-refractivity contribution in [2.45, 2.75) is 30.5 Å². The van der Waals surface area contributed by atoms with E-state index in [1.807, 2.05) is 0 Å². The molecule has 0 unspecified atom stereocenters. The number of hydrogen-bond acceptors (Lipinski definition) is 10. The summed E-state index contributed by atoms with van der Waals surface area (Å²) >= 11 is 0. The van der Waals surface area contributed by atoms with Gasteiger partial charge >= 0.3 is 0 Å². The summed E-state index contributed by atoms with van der Waals surface area (Å²) in [5.74, 6) is -1.18. The van der Waals surface area contributed by atoms with Gasteiger partial charge in [0.1, 0.15) is 48.1 Å². The van der Waals surface area contributed by atoms with E-state index in [0.29, 0.717) is 0 Å². The van der Waals surface area contributed by atoms with Crippen molar-refractivity contribution < 1.29 is 44.9 Å². The molecular weight excluding hydrogens is 412 g/mol. The van der Waals surface area contributed by atoms with Crippen molar-refractivity contribution in [1.82, 2.24) is 0 Å². The highest BCUT2D eigenvalue weighted by Crippen LogP contribution is 2.40. The molecule has 164 valence electrons. The van der Waals surface area contributed by atoms with E-state index in [1.54, 1.807) is 0 Å². The van der Waals surface area contributed by atoms with E-state index in [1.165, 1.54) is 30.3 Å². The molecule has 7 N–H and O–H groups in total. The number of phenols is 3. The molecule has 5 atom stereocenters. The highest BCUT2D eigenvalue weighted by molar-refractivity contribution is 5.86. The number of fused-ring (bicyclic) bond motifs is 1. The molecule has 10 heteroatoms. The van der Waals surface area contributed by atoms with Crippen molar-refractivity contribution in [2.75, 3.05) is 6.61 Å². The summed E-state index contributed by atoms with van der Waals surface area (Å²) < 4.78 is 11.1. The topological polar surface area (TPSA) is 181 Å². The molecule has 0 radical (unpaired) electrons. The van der Waals surface area contributed by atoms with Crippen LogP contribution in [-0.4, -0.2) is 66.8 Å². The van der Waals surface area contributed by atoms with Crippen LogP contribution in [0, 0.1) is 0 Å². The number of ether oxygens (including phenoxy) is 1. The van der Waals surface area contributed by atoms with Crippen LogP contribution >= 0.6 is 0 Å². The van der Waals surface area contributed by atoms with Crippen LogP contribution in [0.25, 0.3) is 22.1 Å². The predicted octanol–water partition coefficient (Wildman–Crippen LogP) is 0.0917. The molecule has 1 aliphatic rings. The van der Waals surface area contributed by atoms with Gasteiger partial charge in [-0.05, 0) is 29.8 Å². The summed E-state index contributed by atoms with van der Waals surface area (Å²) in [7, 11) is 0. The molecule has 0 saturated carbocycles. The Labute approximate surface area is 174 Å². The largest absolute Gasteiger partial charge is 0.507 e. The number of rotatable bonds is 3. The standard InChI is InChI=1S/C21H20O10/c22-6-14-17(27)18(28)19(29)21(31-14)15-12(24)4-2-9-16(26)10(7-30-20(9)15)8-1-3-11(23)13(25)5-8/h1-5,7,14,17-19,21-25,27-29H,6H2/t14-,17+,18+,19-,21+/m1/s1. The molecule has 0 spiro atoms. The molecule has 4 rings (SSSR count). The fraction of sp³-hybridized carbons (Fsp3) is 0.286. The van der Waals surface area contributed by atoms with Gasteiger partial charge < -0.3 is 44.9 Å². The van der Waals surface area contributed by atoms with Gasteiger partial charge in [0.25, 0.3) is 0 Å². The summed E-state index contributed by atoms with van der Waals surface area (Å²) in [5, 5.41) is 69.5. The normalized spacial score (nSPS) is 26.3. The minimum absolute atomic E-state index is 0.00910. The molecule has 3 aromatic rings. The molecule has 0 bridgehead atoms. The predicted molar refractivity (Wildman–Crippen MR) is 106 cm³/mol. The van der Waals surface area contributed by atoms with Crippen molar-refractivity contribution in [2.24, 2.45) is 0 Å². The van der Waals surface area contributed by atoms with Gasteiger partial charge in [0.2, 0.25) is 5.43 Å². The molecule has 2 heterocycles. The Bertz CT molecular complexity index is 1180. The van der Waals surface area contributed by atoms with E-state index >= 15 is 0 Å².